The molecule has 26 heavy (non-hydrogen) atoms. The first-order chi connectivity index (χ1) is 12.5. The predicted octanol–water partition coefficient (Wildman–Crippen LogP) is 2.69. The number of aliphatic hydroxyl groups excluding tert-OH is 2. The van der Waals surface area contributed by atoms with Crippen LogP contribution in [0.3, 0.4) is 0 Å². The number of carboxylic acid groups (broad SMARTS) is 1. The summed E-state index contributed by atoms with van der Waals surface area (Å²) < 4.78 is 5.14. The van der Waals surface area contributed by atoms with Crippen LogP contribution in [0.25, 0.3) is 0 Å². The summed E-state index contributed by atoms with van der Waals surface area (Å²) in [5, 5.41) is 29.4. The summed E-state index contributed by atoms with van der Waals surface area (Å²) in [6.45, 7) is 3.93. The molecule has 0 spiro atoms. The average molecular weight is 362 g/mol. The maximum atomic E-state index is 10.5. The first-order valence-electron chi connectivity index (χ1n) is 9.68. The zero-order chi connectivity index (χ0) is 18.7. The van der Waals surface area contributed by atoms with E-state index in [2.05, 4.69) is 12.7 Å². The minimum atomic E-state index is -0.982. The second kappa shape index (κ2) is 8.51. The molecule has 5 nitrogen and oxygen atoms in total. The number of fused-ring (bicyclic) bond motifs is 1. The molecule has 0 amide bonds. The quantitative estimate of drug-likeness (QED) is 0.578. The van der Waals surface area contributed by atoms with Gasteiger partial charge in [-0.15, -0.1) is 0 Å². The average Bonchev–Trinajstić information content (AvgIpc) is 3.29. The Kier molecular flexibility index (Phi) is 6.33. The van der Waals surface area contributed by atoms with Crippen molar-refractivity contribution in [1.82, 2.24) is 0 Å². The third-order valence-corrected chi connectivity index (χ3v) is 6.24. The van der Waals surface area contributed by atoms with Gasteiger partial charge in [-0.05, 0) is 54.6 Å². The SMILES string of the molecule is C=C(COCC(=O)O)C1=C[C@H]2C[C@@H](O)[C@H](/C=C/[C@@H](O)C3CCCC3)[C@H]2C1. The smallest absolute Gasteiger partial charge is 0.329 e. The Hall–Kier alpha value is -1.43. The molecule has 5 atom stereocenters. The summed E-state index contributed by atoms with van der Waals surface area (Å²) in [7, 11) is 0. The lowest BCUT2D eigenvalue weighted by Gasteiger charge is -2.20. The van der Waals surface area contributed by atoms with Gasteiger partial charge < -0.3 is 20.1 Å². The molecule has 0 heterocycles. The molecule has 0 aromatic heterocycles. The van der Waals surface area contributed by atoms with Crippen molar-refractivity contribution in [2.24, 2.45) is 23.7 Å². The second-order valence-corrected chi connectivity index (χ2v) is 8.01. The number of hydrogen-bond donors (Lipinski definition) is 3. The molecule has 3 rings (SSSR count). The molecule has 0 aromatic carbocycles. The Labute approximate surface area is 155 Å². The van der Waals surface area contributed by atoms with Gasteiger partial charge in [-0.1, -0.05) is 37.6 Å². The van der Waals surface area contributed by atoms with E-state index in [4.69, 9.17) is 9.84 Å². The minimum Gasteiger partial charge on any atom is -0.480 e. The zero-order valence-electron chi connectivity index (χ0n) is 15.2. The summed E-state index contributed by atoms with van der Waals surface area (Å²) in [5.74, 6) is 0.0727. The molecule has 0 bridgehead atoms. The lowest BCUT2D eigenvalue weighted by Crippen LogP contribution is -2.20. The second-order valence-electron chi connectivity index (χ2n) is 8.01. The van der Waals surface area contributed by atoms with Crippen LogP contribution in [0.4, 0.5) is 0 Å². The molecule has 3 aliphatic carbocycles. The number of hydrogen-bond acceptors (Lipinski definition) is 4. The van der Waals surface area contributed by atoms with Crippen LogP contribution < -0.4 is 0 Å². The van der Waals surface area contributed by atoms with Crippen molar-refractivity contribution in [3.63, 3.8) is 0 Å². The van der Waals surface area contributed by atoms with Crippen LogP contribution in [0, 0.1) is 23.7 Å². The molecular weight excluding hydrogens is 332 g/mol. The van der Waals surface area contributed by atoms with Crippen molar-refractivity contribution < 1.29 is 24.9 Å². The fraction of sp³-hybridized carbons (Fsp3) is 0.667. The van der Waals surface area contributed by atoms with Gasteiger partial charge in [0.1, 0.15) is 6.61 Å². The Bertz CT molecular complexity index is 587. The van der Waals surface area contributed by atoms with Crippen molar-refractivity contribution in [3.05, 3.63) is 36.0 Å². The maximum absolute atomic E-state index is 10.5. The van der Waals surface area contributed by atoms with E-state index in [9.17, 15) is 15.0 Å². The molecule has 0 saturated heterocycles. The molecule has 0 unspecified atom stereocenters. The predicted molar refractivity (Wildman–Crippen MR) is 98.5 cm³/mol. The normalized spacial score (nSPS) is 32.8. The van der Waals surface area contributed by atoms with Crippen molar-refractivity contribution in [1.29, 1.82) is 0 Å². The van der Waals surface area contributed by atoms with Gasteiger partial charge in [0.05, 0.1) is 18.8 Å². The third-order valence-electron chi connectivity index (χ3n) is 6.24. The highest BCUT2D eigenvalue weighted by molar-refractivity contribution is 5.68. The molecular formula is C21H30O5. The molecule has 0 aromatic rings. The van der Waals surface area contributed by atoms with E-state index in [1.54, 1.807) is 0 Å². The van der Waals surface area contributed by atoms with Crippen LogP contribution in [-0.4, -0.2) is 46.7 Å². The number of ether oxygens (including phenoxy) is 1. The van der Waals surface area contributed by atoms with E-state index in [1.165, 1.54) is 12.8 Å². The van der Waals surface area contributed by atoms with Crippen LogP contribution in [0.5, 0.6) is 0 Å². The summed E-state index contributed by atoms with van der Waals surface area (Å²) in [6.07, 6.45) is 11.5. The maximum Gasteiger partial charge on any atom is 0.329 e. The van der Waals surface area contributed by atoms with E-state index >= 15 is 0 Å². The van der Waals surface area contributed by atoms with E-state index < -0.39 is 12.1 Å². The number of carboxylic acids is 1. The van der Waals surface area contributed by atoms with Gasteiger partial charge in [0.25, 0.3) is 0 Å². The summed E-state index contributed by atoms with van der Waals surface area (Å²) in [5.41, 5.74) is 1.94. The van der Waals surface area contributed by atoms with Gasteiger partial charge in [0.15, 0.2) is 0 Å². The highest BCUT2D eigenvalue weighted by Gasteiger charge is 2.43. The lowest BCUT2D eigenvalue weighted by molar-refractivity contribution is -0.141. The van der Waals surface area contributed by atoms with E-state index in [-0.39, 0.29) is 25.2 Å². The van der Waals surface area contributed by atoms with Crippen LogP contribution >= 0.6 is 0 Å². The topological polar surface area (TPSA) is 87.0 Å². The molecule has 5 heteroatoms. The van der Waals surface area contributed by atoms with Gasteiger partial charge in [0.2, 0.25) is 0 Å². The molecule has 2 saturated carbocycles. The summed E-state index contributed by atoms with van der Waals surface area (Å²) >= 11 is 0. The molecule has 0 radical (unpaired) electrons. The van der Waals surface area contributed by atoms with E-state index in [1.807, 2.05) is 12.2 Å². The number of aliphatic carboxylic acids is 1. The molecule has 2 fully saturated rings. The number of carbonyl (C=O) groups is 1. The number of rotatable bonds is 8. The molecule has 144 valence electrons. The number of allylic oxidation sites excluding steroid dienone is 1. The van der Waals surface area contributed by atoms with Crippen LogP contribution in [-0.2, 0) is 9.53 Å². The van der Waals surface area contributed by atoms with Crippen molar-refractivity contribution in [3.8, 4) is 0 Å². The van der Waals surface area contributed by atoms with Gasteiger partial charge in [0, 0.05) is 5.92 Å². The Balaban J connectivity index is 1.55. The zero-order valence-corrected chi connectivity index (χ0v) is 15.2. The van der Waals surface area contributed by atoms with Gasteiger partial charge in [-0.3, -0.25) is 0 Å². The van der Waals surface area contributed by atoms with E-state index in [0.29, 0.717) is 17.8 Å². The van der Waals surface area contributed by atoms with Crippen LogP contribution in [0.1, 0.15) is 38.5 Å². The fourth-order valence-electron chi connectivity index (χ4n) is 4.83. The van der Waals surface area contributed by atoms with E-state index in [0.717, 1.165) is 36.8 Å². The minimum absolute atomic E-state index is 0.0533. The van der Waals surface area contributed by atoms with Crippen molar-refractivity contribution in [2.75, 3.05) is 13.2 Å². The highest BCUT2D eigenvalue weighted by atomic mass is 16.5. The molecule has 3 aliphatic rings. The monoisotopic (exact) mass is 362 g/mol. The summed E-state index contributed by atoms with van der Waals surface area (Å²) in [6, 6.07) is 0. The number of aliphatic hydroxyl groups is 2. The van der Waals surface area contributed by atoms with Gasteiger partial charge in [-0.25, -0.2) is 4.79 Å². The molecule has 0 aliphatic heterocycles. The standard InChI is InChI=1S/C21H30O5/c1-13(11-26-12-21(24)25)15-8-16-10-20(23)17(18(16)9-15)6-7-19(22)14-4-2-3-5-14/h6-8,14,16-20,22-23H,1-5,9-12H2,(H,24,25)/b7-6+/t16-,17+,18-,19+,20+/m0/s1. The van der Waals surface area contributed by atoms with Gasteiger partial charge >= 0.3 is 5.97 Å². The first-order valence-corrected chi connectivity index (χ1v) is 9.68. The van der Waals surface area contributed by atoms with Crippen LogP contribution in [0.2, 0.25) is 0 Å². The Morgan fingerprint density at radius 2 is 2.08 bits per heavy atom. The van der Waals surface area contributed by atoms with Crippen molar-refractivity contribution in [2.45, 2.75) is 50.7 Å². The fourth-order valence-corrected chi connectivity index (χ4v) is 4.83. The largest absolute Gasteiger partial charge is 0.480 e. The Morgan fingerprint density at radius 3 is 2.77 bits per heavy atom. The molecule has 3 N–H and O–H groups in total. The Morgan fingerprint density at radius 1 is 1.35 bits per heavy atom. The summed E-state index contributed by atoms with van der Waals surface area (Å²) in [4.78, 5) is 10.5. The van der Waals surface area contributed by atoms with Gasteiger partial charge in [-0.2, -0.15) is 0 Å². The third kappa shape index (κ3) is 4.45. The first kappa shape index (κ1) is 19.3. The lowest BCUT2D eigenvalue weighted by atomic mass is 9.87. The van der Waals surface area contributed by atoms with Crippen LogP contribution in [0.15, 0.2) is 36.0 Å². The van der Waals surface area contributed by atoms with Crippen molar-refractivity contribution >= 4 is 5.97 Å². The highest BCUT2D eigenvalue weighted by Crippen LogP contribution is 2.48.